The molecular weight excluding hydrogens is 430 g/mol. The summed E-state index contributed by atoms with van der Waals surface area (Å²) in [6.07, 6.45) is 3.20. The molecule has 34 heavy (non-hydrogen) atoms. The number of carbonyl (C=O) groups excluding carboxylic acids is 1. The van der Waals surface area contributed by atoms with Crippen molar-refractivity contribution >= 4 is 22.6 Å². The van der Waals surface area contributed by atoms with Crippen LogP contribution in [0.15, 0.2) is 107 Å². The second-order valence-electron chi connectivity index (χ2n) is 7.83. The van der Waals surface area contributed by atoms with Crippen LogP contribution in [-0.2, 0) is 17.9 Å². The number of hydrogen-bond donors (Lipinski definition) is 1. The maximum Gasteiger partial charge on any atom is 0.331 e. The van der Waals surface area contributed by atoms with Gasteiger partial charge in [-0.25, -0.2) is 9.78 Å². The molecular formula is C26H21N5O3. The van der Waals surface area contributed by atoms with Gasteiger partial charge in [-0.3, -0.25) is 23.3 Å². The van der Waals surface area contributed by atoms with Gasteiger partial charge in [0.05, 0.1) is 17.6 Å². The summed E-state index contributed by atoms with van der Waals surface area (Å²) >= 11 is 0. The zero-order valence-electron chi connectivity index (χ0n) is 18.2. The van der Waals surface area contributed by atoms with Crippen LogP contribution in [0.2, 0.25) is 0 Å². The zero-order valence-corrected chi connectivity index (χ0v) is 18.2. The molecule has 8 heteroatoms. The van der Waals surface area contributed by atoms with Crippen LogP contribution >= 0.6 is 0 Å². The molecule has 0 saturated carbocycles. The van der Waals surface area contributed by atoms with Gasteiger partial charge >= 0.3 is 5.69 Å². The molecule has 2 aromatic heterocycles. The minimum Gasteiger partial charge on any atom is -0.325 e. The number of imidazole rings is 1. The number of rotatable bonds is 6. The molecule has 1 amide bonds. The van der Waals surface area contributed by atoms with E-state index < -0.39 is 17.2 Å². The SMILES string of the molecule is O=C(Cn1c(=O)ccn(Cc2ccccc2)c1=O)Nc1ccc(-n2cnc3ccccc32)cc1. The van der Waals surface area contributed by atoms with Crippen LogP contribution < -0.4 is 16.6 Å². The van der Waals surface area contributed by atoms with Gasteiger partial charge in [-0.05, 0) is 42.0 Å². The van der Waals surface area contributed by atoms with Gasteiger partial charge in [0, 0.05) is 23.6 Å². The first-order valence-corrected chi connectivity index (χ1v) is 10.7. The summed E-state index contributed by atoms with van der Waals surface area (Å²) in [6.45, 7) is -0.0623. The fourth-order valence-corrected chi connectivity index (χ4v) is 3.82. The molecule has 168 valence electrons. The third kappa shape index (κ3) is 4.29. The Hall–Kier alpha value is -4.72. The topological polar surface area (TPSA) is 90.9 Å². The Kier molecular flexibility index (Phi) is 5.61. The van der Waals surface area contributed by atoms with Gasteiger partial charge in [0.1, 0.15) is 12.9 Å². The maximum absolute atomic E-state index is 12.8. The summed E-state index contributed by atoms with van der Waals surface area (Å²) in [5.74, 6) is -0.461. The monoisotopic (exact) mass is 451 g/mol. The molecule has 5 aromatic rings. The van der Waals surface area contributed by atoms with Crippen LogP contribution in [0, 0.1) is 0 Å². The van der Waals surface area contributed by atoms with Gasteiger partial charge in [-0.1, -0.05) is 42.5 Å². The number of aromatic nitrogens is 4. The van der Waals surface area contributed by atoms with Gasteiger partial charge in [-0.2, -0.15) is 0 Å². The molecule has 3 aromatic carbocycles. The molecule has 1 N–H and O–H groups in total. The van der Waals surface area contributed by atoms with Crippen molar-refractivity contribution in [1.82, 2.24) is 18.7 Å². The quantitative estimate of drug-likeness (QED) is 0.430. The first kappa shape index (κ1) is 21.1. The first-order chi connectivity index (χ1) is 16.6. The van der Waals surface area contributed by atoms with Gasteiger partial charge in [0.25, 0.3) is 5.56 Å². The smallest absolute Gasteiger partial charge is 0.325 e. The van der Waals surface area contributed by atoms with Crippen molar-refractivity contribution in [3.8, 4) is 5.69 Å². The Morgan fingerprint density at radius 3 is 2.38 bits per heavy atom. The lowest BCUT2D eigenvalue weighted by Crippen LogP contribution is -2.41. The third-order valence-electron chi connectivity index (χ3n) is 5.52. The van der Waals surface area contributed by atoms with Crippen molar-refractivity contribution in [1.29, 1.82) is 0 Å². The lowest BCUT2D eigenvalue weighted by molar-refractivity contribution is -0.116. The highest BCUT2D eigenvalue weighted by Gasteiger charge is 2.11. The molecule has 0 spiro atoms. The molecule has 0 saturated heterocycles. The highest BCUT2D eigenvalue weighted by atomic mass is 16.2. The molecule has 2 heterocycles. The van der Waals surface area contributed by atoms with E-state index in [1.165, 1.54) is 16.8 Å². The summed E-state index contributed by atoms with van der Waals surface area (Å²) in [6, 6.07) is 25.8. The van der Waals surface area contributed by atoms with Crippen LogP contribution in [0.1, 0.15) is 5.56 Å². The molecule has 8 nitrogen and oxygen atoms in total. The Morgan fingerprint density at radius 2 is 1.59 bits per heavy atom. The highest BCUT2D eigenvalue weighted by molar-refractivity contribution is 5.90. The molecule has 0 atom stereocenters. The summed E-state index contributed by atoms with van der Waals surface area (Å²) in [4.78, 5) is 42.1. The predicted molar refractivity (Wildman–Crippen MR) is 130 cm³/mol. The molecule has 5 rings (SSSR count). The Labute approximate surface area is 194 Å². The van der Waals surface area contributed by atoms with Crippen LogP contribution in [0.5, 0.6) is 0 Å². The number of anilines is 1. The average molecular weight is 451 g/mol. The summed E-state index contributed by atoms with van der Waals surface area (Å²) in [5, 5.41) is 2.75. The molecule has 0 radical (unpaired) electrons. The zero-order chi connectivity index (χ0) is 23.5. The van der Waals surface area contributed by atoms with Crippen molar-refractivity contribution in [3.05, 3.63) is 124 Å². The maximum atomic E-state index is 12.8. The lowest BCUT2D eigenvalue weighted by atomic mass is 10.2. The van der Waals surface area contributed by atoms with E-state index in [4.69, 9.17) is 0 Å². The van der Waals surface area contributed by atoms with E-state index >= 15 is 0 Å². The van der Waals surface area contributed by atoms with Crippen molar-refractivity contribution in [2.75, 3.05) is 5.32 Å². The molecule has 0 unspecified atom stereocenters. The molecule has 0 aliphatic rings. The van der Waals surface area contributed by atoms with Gasteiger partial charge in [0.2, 0.25) is 5.91 Å². The number of carbonyl (C=O) groups is 1. The first-order valence-electron chi connectivity index (χ1n) is 10.7. The van der Waals surface area contributed by atoms with Crippen molar-refractivity contribution in [2.45, 2.75) is 13.1 Å². The van der Waals surface area contributed by atoms with Crippen molar-refractivity contribution < 1.29 is 4.79 Å². The highest BCUT2D eigenvalue weighted by Crippen LogP contribution is 2.19. The van der Waals surface area contributed by atoms with E-state index in [0.717, 1.165) is 26.9 Å². The van der Waals surface area contributed by atoms with E-state index in [1.807, 2.05) is 71.3 Å². The number of amides is 1. The number of fused-ring (bicyclic) bond motifs is 1. The summed E-state index contributed by atoms with van der Waals surface area (Å²) in [5.41, 5.74) is 3.20. The van der Waals surface area contributed by atoms with Crippen molar-refractivity contribution in [3.63, 3.8) is 0 Å². The Balaban J connectivity index is 1.31. The van der Waals surface area contributed by atoms with Gasteiger partial charge in [-0.15, -0.1) is 0 Å². The summed E-state index contributed by atoms with van der Waals surface area (Å²) < 4.78 is 4.30. The van der Waals surface area contributed by atoms with Crippen LogP contribution in [0.4, 0.5) is 5.69 Å². The number of benzene rings is 3. The number of nitrogens with one attached hydrogen (secondary N) is 1. The van der Waals surface area contributed by atoms with Crippen molar-refractivity contribution in [2.24, 2.45) is 0 Å². The van der Waals surface area contributed by atoms with Crippen LogP contribution in [-0.4, -0.2) is 24.6 Å². The minimum atomic E-state index is -0.533. The number of nitrogens with zero attached hydrogens (tertiary/aromatic N) is 4. The van der Waals surface area contributed by atoms with Gasteiger partial charge in [0.15, 0.2) is 0 Å². The molecule has 0 fully saturated rings. The molecule has 0 aliphatic carbocycles. The standard InChI is InChI=1S/C26H21N5O3/c32-24(17-30-25(33)14-15-29(26(30)34)16-19-6-2-1-3-7-19)28-20-10-12-21(13-11-20)31-18-27-22-8-4-5-9-23(22)31/h1-15,18H,16-17H2,(H,28,32). The number of hydrogen-bond acceptors (Lipinski definition) is 4. The van der Waals surface area contributed by atoms with E-state index in [0.29, 0.717) is 12.2 Å². The fourth-order valence-electron chi connectivity index (χ4n) is 3.82. The predicted octanol–water partition coefficient (Wildman–Crippen LogP) is 3.04. The van der Waals surface area contributed by atoms with Gasteiger partial charge < -0.3 is 5.32 Å². The molecule has 0 bridgehead atoms. The lowest BCUT2D eigenvalue weighted by Gasteiger charge is -2.11. The van der Waals surface area contributed by atoms with E-state index in [9.17, 15) is 14.4 Å². The number of para-hydroxylation sites is 2. The fraction of sp³-hybridized carbons (Fsp3) is 0.0769. The second kappa shape index (κ2) is 9.03. The second-order valence-corrected chi connectivity index (χ2v) is 7.83. The Bertz CT molecular complexity index is 1580. The van der Waals surface area contributed by atoms with Crippen LogP contribution in [0.25, 0.3) is 16.7 Å². The van der Waals surface area contributed by atoms with E-state index in [2.05, 4.69) is 10.3 Å². The summed E-state index contributed by atoms with van der Waals surface area (Å²) in [7, 11) is 0. The van der Waals surface area contributed by atoms with Crippen LogP contribution in [0.3, 0.4) is 0 Å². The van der Waals surface area contributed by atoms with E-state index in [1.54, 1.807) is 18.5 Å². The Morgan fingerprint density at radius 1 is 0.853 bits per heavy atom. The molecule has 0 aliphatic heterocycles. The van der Waals surface area contributed by atoms with E-state index in [-0.39, 0.29) is 6.54 Å². The minimum absolute atomic E-state index is 0.311. The normalized spacial score (nSPS) is 10.9. The largest absolute Gasteiger partial charge is 0.331 e. The third-order valence-corrected chi connectivity index (χ3v) is 5.52. The average Bonchev–Trinajstić information content (AvgIpc) is 3.29.